The first-order valence-corrected chi connectivity index (χ1v) is 11.0. The van der Waals surface area contributed by atoms with E-state index in [9.17, 15) is 19.2 Å². The van der Waals surface area contributed by atoms with Crippen LogP contribution in [0.2, 0.25) is 0 Å². The topological polar surface area (TPSA) is 125 Å². The van der Waals surface area contributed by atoms with E-state index in [2.05, 4.69) is 10.6 Å². The second-order valence-electron chi connectivity index (χ2n) is 7.84. The van der Waals surface area contributed by atoms with Crippen molar-refractivity contribution in [3.05, 3.63) is 108 Å². The molecule has 0 saturated heterocycles. The van der Waals surface area contributed by atoms with E-state index in [1.165, 1.54) is 24.7 Å². The van der Waals surface area contributed by atoms with Crippen LogP contribution < -0.4 is 15.5 Å². The Morgan fingerprint density at radius 2 is 1.56 bits per heavy atom. The van der Waals surface area contributed by atoms with Crippen molar-refractivity contribution in [1.29, 1.82) is 0 Å². The first-order valence-electron chi connectivity index (χ1n) is 11.0. The van der Waals surface area contributed by atoms with Gasteiger partial charge in [-0.1, -0.05) is 36.4 Å². The number of urea groups is 2. The Hall–Kier alpha value is -5.12. The van der Waals surface area contributed by atoms with E-state index in [0.29, 0.717) is 11.4 Å². The Labute approximate surface area is 205 Å². The summed E-state index contributed by atoms with van der Waals surface area (Å²) in [5, 5.41) is 5.35. The minimum atomic E-state index is -0.836. The monoisotopic (exact) mass is 484 g/mol. The molecule has 2 aromatic heterocycles. The van der Waals surface area contributed by atoms with E-state index >= 15 is 0 Å². The van der Waals surface area contributed by atoms with E-state index in [4.69, 9.17) is 8.83 Å². The first kappa shape index (κ1) is 22.7. The van der Waals surface area contributed by atoms with Gasteiger partial charge in [0.15, 0.2) is 0 Å². The van der Waals surface area contributed by atoms with E-state index < -0.39 is 23.9 Å². The normalized spacial score (nSPS) is 13.2. The summed E-state index contributed by atoms with van der Waals surface area (Å²) in [6.45, 7) is -0.418. The molecule has 10 nitrogen and oxygen atoms in total. The highest BCUT2D eigenvalue weighted by Crippen LogP contribution is 2.26. The number of nitrogens with zero attached hydrogens (tertiary/aromatic N) is 2. The molecule has 4 aromatic rings. The molecule has 2 N–H and O–H groups in total. The quantitative estimate of drug-likeness (QED) is 0.426. The zero-order chi connectivity index (χ0) is 25.1. The molecule has 1 aliphatic heterocycles. The van der Waals surface area contributed by atoms with Crippen molar-refractivity contribution < 1.29 is 28.0 Å². The van der Waals surface area contributed by atoms with E-state index in [1.54, 1.807) is 54.6 Å². The number of carbonyl (C=O) groups is 4. The molecule has 0 radical (unpaired) electrons. The van der Waals surface area contributed by atoms with Gasteiger partial charge in [-0.15, -0.1) is 0 Å². The van der Waals surface area contributed by atoms with Gasteiger partial charge in [-0.25, -0.2) is 19.4 Å². The Bertz CT molecular complexity index is 1430. The maximum Gasteiger partial charge on any atom is 0.340 e. The summed E-state index contributed by atoms with van der Waals surface area (Å²) in [6, 6.07) is 18.5. The highest BCUT2D eigenvalue weighted by Gasteiger charge is 2.38. The Kier molecular flexibility index (Phi) is 6.06. The van der Waals surface area contributed by atoms with Crippen molar-refractivity contribution in [1.82, 2.24) is 10.2 Å². The van der Waals surface area contributed by atoms with Crippen LogP contribution in [0.4, 0.5) is 21.0 Å². The third kappa shape index (κ3) is 4.34. The Morgan fingerprint density at radius 3 is 2.31 bits per heavy atom. The van der Waals surface area contributed by atoms with Gasteiger partial charge in [-0.3, -0.25) is 9.59 Å². The highest BCUT2D eigenvalue weighted by atomic mass is 16.3. The van der Waals surface area contributed by atoms with Crippen LogP contribution in [0.5, 0.6) is 0 Å². The van der Waals surface area contributed by atoms with Crippen LogP contribution in [0.15, 0.2) is 94.2 Å². The molecule has 3 heterocycles. The second kappa shape index (κ2) is 9.63. The summed E-state index contributed by atoms with van der Waals surface area (Å²) < 4.78 is 10.8. The number of benzene rings is 2. The standard InChI is InChI=1S/C26H20N4O6/c31-23(28-17-7-3-1-4-8-17)19-11-13-35-21(19)15-27-25(33)29-16-22-20(12-14-36-22)24(32)30(26(29)34)18-9-5-2-6-10-18/h1-14H,15-16H2,(H,27,33)(H,28,31). The van der Waals surface area contributed by atoms with Crippen LogP contribution in [0, 0.1) is 0 Å². The number of nitrogens with one attached hydrogen (secondary N) is 2. The van der Waals surface area contributed by atoms with Gasteiger partial charge >= 0.3 is 12.1 Å². The predicted octanol–water partition coefficient (Wildman–Crippen LogP) is 4.62. The number of amides is 6. The molecular formula is C26H20N4O6. The van der Waals surface area contributed by atoms with E-state index in [1.807, 2.05) is 6.07 Å². The molecule has 2 aromatic carbocycles. The van der Waals surface area contributed by atoms with Crippen molar-refractivity contribution in [2.24, 2.45) is 0 Å². The molecule has 0 atom stereocenters. The van der Waals surface area contributed by atoms with Crippen LogP contribution in [-0.2, 0) is 13.1 Å². The number of furan rings is 2. The van der Waals surface area contributed by atoms with Gasteiger partial charge in [-0.2, -0.15) is 0 Å². The molecular weight excluding hydrogens is 464 g/mol. The number of rotatable bonds is 5. The lowest BCUT2D eigenvalue weighted by Gasteiger charge is -2.25. The van der Waals surface area contributed by atoms with Gasteiger partial charge in [-0.05, 0) is 36.4 Å². The molecule has 0 saturated carbocycles. The van der Waals surface area contributed by atoms with Gasteiger partial charge in [0, 0.05) is 5.69 Å². The molecule has 1 aliphatic rings. The van der Waals surface area contributed by atoms with E-state index in [0.717, 1.165) is 9.80 Å². The van der Waals surface area contributed by atoms with Gasteiger partial charge < -0.3 is 19.5 Å². The SMILES string of the molecule is O=C(Nc1ccccc1)c1ccoc1CNC(=O)N1Cc2occc2C(=O)N(c2ccccc2)C1=O. The highest BCUT2D eigenvalue weighted by molar-refractivity contribution is 6.23. The second-order valence-corrected chi connectivity index (χ2v) is 7.84. The van der Waals surface area contributed by atoms with Gasteiger partial charge in [0.05, 0.1) is 42.4 Å². The fourth-order valence-electron chi connectivity index (χ4n) is 3.81. The van der Waals surface area contributed by atoms with Crippen molar-refractivity contribution in [3.63, 3.8) is 0 Å². The number of hydrogen-bond donors (Lipinski definition) is 2. The molecule has 0 unspecified atom stereocenters. The molecule has 0 aliphatic carbocycles. The Morgan fingerprint density at radius 1 is 0.861 bits per heavy atom. The lowest BCUT2D eigenvalue weighted by Crippen LogP contribution is -2.49. The molecule has 0 fully saturated rings. The molecule has 5 rings (SSSR count). The maximum atomic E-state index is 13.3. The number of fused-ring (bicyclic) bond motifs is 1. The molecule has 36 heavy (non-hydrogen) atoms. The summed E-state index contributed by atoms with van der Waals surface area (Å²) in [5.74, 6) is -0.626. The fourth-order valence-corrected chi connectivity index (χ4v) is 3.81. The summed E-state index contributed by atoms with van der Waals surface area (Å²) in [7, 11) is 0. The third-order valence-electron chi connectivity index (χ3n) is 5.58. The van der Waals surface area contributed by atoms with Crippen molar-refractivity contribution in [2.45, 2.75) is 13.1 Å². The fraction of sp³-hybridized carbons (Fsp3) is 0.0769. The molecule has 0 spiro atoms. The van der Waals surface area contributed by atoms with Crippen molar-refractivity contribution in [3.8, 4) is 0 Å². The van der Waals surface area contributed by atoms with Crippen molar-refractivity contribution >= 4 is 35.3 Å². The average molecular weight is 484 g/mol. The lowest BCUT2D eigenvalue weighted by atomic mass is 10.2. The molecule has 10 heteroatoms. The number of carbonyl (C=O) groups excluding carboxylic acids is 4. The largest absolute Gasteiger partial charge is 0.467 e. The Balaban J connectivity index is 1.34. The number of para-hydroxylation sites is 2. The van der Waals surface area contributed by atoms with Crippen LogP contribution in [0.25, 0.3) is 0 Å². The third-order valence-corrected chi connectivity index (χ3v) is 5.58. The summed E-state index contributed by atoms with van der Waals surface area (Å²) in [5.41, 5.74) is 1.34. The van der Waals surface area contributed by atoms with Crippen LogP contribution in [0.3, 0.4) is 0 Å². The smallest absolute Gasteiger partial charge is 0.340 e. The number of imide groups is 2. The first-order chi connectivity index (χ1) is 17.5. The predicted molar refractivity (Wildman–Crippen MR) is 128 cm³/mol. The summed E-state index contributed by atoms with van der Waals surface area (Å²) in [4.78, 5) is 54.0. The summed E-state index contributed by atoms with van der Waals surface area (Å²) in [6.07, 6.45) is 2.67. The maximum absolute atomic E-state index is 13.3. The van der Waals surface area contributed by atoms with Gasteiger partial charge in [0.2, 0.25) is 0 Å². The van der Waals surface area contributed by atoms with E-state index in [-0.39, 0.29) is 35.7 Å². The van der Waals surface area contributed by atoms with Crippen molar-refractivity contribution in [2.75, 3.05) is 10.2 Å². The molecule has 0 bridgehead atoms. The lowest BCUT2D eigenvalue weighted by molar-refractivity contribution is 0.0989. The van der Waals surface area contributed by atoms with Crippen LogP contribution in [0.1, 0.15) is 32.2 Å². The zero-order valence-corrected chi connectivity index (χ0v) is 18.8. The number of anilines is 2. The molecule has 180 valence electrons. The number of hydrogen-bond acceptors (Lipinski definition) is 6. The minimum absolute atomic E-state index is 0.169. The summed E-state index contributed by atoms with van der Waals surface area (Å²) >= 11 is 0. The van der Waals surface area contributed by atoms with Gasteiger partial charge in [0.25, 0.3) is 11.8 Å². The molecule has 6 amide bonds. The van der Waals surface area contributed by atoms with Crippen LogP contribution >= 0.6 is 0 Å². The van der Waals surface area contributed by atoms with Crippen LogP contribution in [-0.4, -0.2) is 28.8 Å². The van der Waals surface area contributed by atoms with Gasteiger partial charge in [0.1, 0.15) is 11.5 Å². The zero-order valence-electron chi connectivity index (χ0n) is 18.8. The average Bonchev–Trinajstić information content (AvgIpc) is 3.55. The minimum Gasteiger partial charge on any atom is -0.467 e.